The van der Waals surface area contributed by atoms with Gasteiger partial charge in [0.1, 0.15) is 4.88 Å². The number of aliphatic hydroxyl groups is 1. The number of carbonyl (C=O) groups is 1. The summed E-state index contributed by atoms with van der Waals surface area (Å²) in [6.07, 6.45) is 1.39. The van der Waals surface area contributed by atoms with Crippen molar-refractivity contribution in [2.45, 2.75) is 24.9 Å². The van der Waals surface area contributed by atoms with Gasteiger partial charge in [0.25, 0.3) is 5.91 Å². The molecule has 2 aromatic rings. The zero-order valence-electron chi connectivity index (χ0n) is 11.3. The molecule has 0 bridgehead atoms. The lowest BCUT2D eigenvalue weighted by atomic mass is 10.1. The van der Waals surface area contributed by atoms with Gasteiger partial charge in [-0.05, 0) is 18.9 Å². The molecule has 0 radical (unpaired) electrons. The lowest BCUT2D eigenvalue weighted by molar-refractivity contribution is 0.0919. The minimum atomic E-state index is -0.819. The zero-order chi connectivity index (χ0) is 14.8. The van der Waals surface area contributed by atoms with Crippen molar-refractivity contribution >= 4 is 28.8 Å². The average Bonchev–Trinajstić information content (AvgIpc) is 3.22. The second kappa shape index (κ2) is 6.13. The molecule has 4 nitrogen and oxygen atoms in total. The molecule has 1 atom stereocenters. The van der Waals surface area contributed by atoms with Crippen molar-refractivity contribution < 1.29 is 9.90 Å². The number of amides is 1. The standard InChI is InChI=1S/C15H15ClN2O2S/c16-11-4-2-1-3-10(11)12(19)7-17-15(20)14-13(9-5-6-9)18-8-21-14/h1-4,8-9,12,19H,5-7H2,(H,17,20). The van der Waals surface area contributed by atoms with E-state index >= 15 is 0 Å². The molecule has 1 aliphatic rings. The molecule has 0 spiro atoms. The molecular weight excluding hydrogens is 308 g/mol. The minimum absolute atomic E-state index is 0.130. The normalized spacial score (nSPS) is 15.7. The fourth-order valence-corrected chi connectivity index (χ4v) is 3.25. The van der Waals surface area contributed by atoms with E-state index < -0.39 is 6.10 Å². The van der Waals surface area contributed by atoms with Crippen LogP contribution in [-0.4, -0.2) is 22.5 Å². The number of nitrogens with zero attached hydrogens (tertiary/aromatic N) is 1. The molecule has 0 saturated heterocycles. The van der Waals surface area contributed by atoms with Crippen LogP contribution in [0, 0.1) is 0 Å². The highest BCUT2D eigenvalue weighted by Gasteiger charge is 2.30. The molecule has 110 valence electrons. The molecule has 3 rings (SSSR count). The summed E-state index contributed by atoms with van der Waals surface area (Å²) in [5.74, 6) is 0.260. The lowest BCUT2D eigenvalue weighted by Crippen LogP contribution is -2.28. The predicted molar refractivity (Wildman–Crippen MR) is 82.8 cm³/mol. The Labute approximate surface area is 131 Å². The number of aliphatic hydroxyl groups excluding tert-OH is 1. The van der Waals surface area contributed by atoms with E-state index in [9.17, 15) is 9.90 Å². The summed E-state index contributed by atoms with van der Waals surface area (Å²) in [7, 11) is 0. The lowest BCUT2D eigenvalue weighted by Gasteiger charge is -2.13. The molecule has 1 unspecified atom stereocenters. The van der Waals surface area contributed by atoms with Crippen molar-refractivity contribution in [2.75, 3.05) is 6.54 Å². The fraction of sp³-hybridized carbons (Fsp3) is 0.333. The summed E-state index contributed by atoms with van der Waals surface area (Å²) >= 11 is 7.37. The first-order valence-electron chi connectivity index (χ1n) is 6.81. The van der Waals surface area contributed by atoms with E-state index in [4.69, 9.17) is 11.6 Å². The van der Waals surface area contributed by atoms with Crippen LogP contribution in [0.15, 0.2) is 29.8 Å². The Morgan fingerprint density at radius 3 is 2.95 bits per heavy atom. The van der Waals surface area contributed by atoms with E-state index in [1.807, 2.05) is 0 Å². The number of nitrogens with one attached hydrogen (secondary N) is 1. The Morgan fingerprint density at radius 2 is 2.24 bits per heavy atom. The van der Waals surface area contributed by atoms with Gasteiger partial charge in [-0.3, -0.25) is 4.79 Å². The van der Waals surface area contributed by atoms with Gasteiger partial charge in [0.05, 0.1) is 17.3 Å². The van der Waals surface area contributed by atoms with Crippen LogP contribution in [0.1, 0.15) is 45.8 Å². The Kier molecular flexibility index (Phi) is 4.24. The van der Waals surface area contributed by atoms with Crippen molar-refractivity contribution in [3.05, 3.63) is 50.9 Å². The quantitative estimate of drug-likeness (QED) is 0.889. The average molecular weight is 323 g/mol. The highest BCUT2D eigenvalue weighted by atomic mass is 35.5. The fourth-order valence-electron chi connectivity index (χ4n) is 2.20. The maximum Gasteiger partial charge on any atom is 0.263 e. The number of hydrogen-bond acceptors (Lipinski definition) is 4. The van der Waals surface area contributed by atoms with Gasteiger partial charge < -0.3 is 10.4 Å². The van der Waals surface area contributed by atoms with Crippen LogP contribution in [0.3, 0.4) is 0 Å². The second-order valence-electron chi connectivity index (χ2n) is 5.09. The number of hydrogen-bond donors (Lipinski definition) is 2. The van der Waals surface area contributed by atoms with Crippen LogP contribution in [0.2, 0.25) is 5.02 Å². The van der Waals surface area contributed by atoms with Gasteiger partial charge in [-0.2, -0.15) is 0 Å². The van der Waals surface area contributed by atoms with Gasteiger partial charge in [-0.15, -0.1) is 11.3 Å². The number of rotatable bonds is 5. The maximum absolute atomic E-state index is 12.2. The Bertz CT molecular complexity index is 655. The van der Waals surface area contributed by atoms with Crippen LogP contribution >= 0.6 is 22.9 Å². The number of halogens is 1. The maximum atomic E-state index is 12.2. The first-order chi connectivity index (χ1) is 10.2. The van der Waals surface area contributed by atoms with Crippen LogP contribution in [-0.2, 0) is 0 Å². The molecule has 1 aliphatic carbocycles. The van der Waals surface area contributed by atoms with Gasteiger partial charge in [0.2, 0.25) is 0 Å². The van der Waals surface area contributed by atoms with Crippen LogP contribution in [0.5, 0.6) is 0 Å². The van der Waals surface area contributed by atoms with E-state index in [0.29, 0.717) is 21.4 Å². The van der Waals surface area contributed by atoms with Crippen molar-refractivity contribution in [1.29, 1.82) is 0 Å². The molecule has 1 aromatic carbocycles. The molecule has 21 heavy (non-hydrogen) atoms. The van der Waals surface area contributed by atoms with Crippen molar-refractivity contribution in [2.24, 2.45) is 0 Å². The number of thiazole rings is 1. The van der Waals surface area contributed by atoms with Gasteiger partial charge in [-0.1, -0.05) is 29.8 Å². The summed E-state index contributed by atoms with van der Waals surface area (Å²) in [5, 5.41) is 13.4. The summed E-state index contributed by atoms with van der Waals surface area (Å²) in [4.78, 5) is 17.1. The summed E-state index contributed by atoms with van der Waals surface area (Å²) in [6, 6.07) is 7.08. The Morgan fingerprint density at radius 1 is 1.48 bits per heavy atom. The highest BCUT2D eigenvalue weighted by molar-refractivity contribution is 7.11. The number of carbonyl (C=O) groups excluding carboxylic acids is 1. The third-order valence-corrected chi connectivity index (χ3v) is 4.67. The second-order valence-corrected chi connectivity index (χ2v) is 6.35. The van der Waals surface area contributed by atoms with Crippen molar-refractivity contribution in [1.82, 2.24) is 10.3 Å². The largest absolute Gasteiger partial charge is 0.387 e. The van der Waals surface area contributed by atoms with Gasteiger partial charge in [-0.25, -0.2) is 4.98 Å². The molecule has 1 aromatic heterocycles. The molecular formula is C15H15ClN2O2S. The van der Waals surface area contributed by atoms with Crippen LogP contribution in [0.25, 0.3) is 0 Å². The zero-order valence-corrected chi connectivity index (χ0v) is 12.8. The molecule has 2 N–H and O–H groups in total. The summed E-state index contributed by atoms with van der Waals surface area (Å²) < 4.78 is 0. The van der Waals surface area contributed by atoms with Gasteiger partial charge >= 0.3 is 0 Å². The Hall–Kier alpha value is -1.43. The number of benzene rings is 1. The Balaban J connectivity index is 1.63. The third kappa shape index (κ3) is 3.26. The van der Waals surface area contributed by atoms with E-state index in [1.165, 1.54) is 11.3 Å². The predicted octanol–water partition coefficient (Wildman–Crippen LogP) is 3.14. The third-order valence-electron chi connectivity index (χ3n) is 3.49. The minimum Gasteiger partial charge on any atom is -0.387 e. The summed E-state index contributed by atoms with van der Waals surface area (Å²) in [6.45, 7) is 0.130. The summed E-state index contributed by atoms with van der Waals surface area (Å²) in [5.41, 5.74) is 3.21. The molecule has 1 amide bonds. The monoisotopic (exact) mass is 322 g/mol. The first kappa shape index (κ1) is 14.5. The molecule has 1 saturated carbocycles. The van der Waals surface area contributed by atoms with E-state index in [2.05, 4.69) is 10.3 Å². The van der Waals surface area contributed by atoms with Crippen LogP contribution in [0.4, 0.5) is 0 Å². The highest BCUT2D eigenvalue weighted by Crippen LogP contribution is 2.41. The van der Waals surface area contributed by atoms with Crippen LogP contribution < -0.4 is 5.32 Å². The first-order valence-corrected chi connectivity index (χ1v) is 8.06. The van der Waals surface area contributed by atoms with E-state index in [-0.39, 0.29) is 12.5 Å². The smallest absolute Gasteiger partial charge is 0.263 e. The van der Waals surface area contributed by atoms with Crippen molar-refractivity contribution in [3.8, 4) is 0 Å². The van der Waals surface area contributed by atoms with E-state index in [1.54, 1.807) is 29.8 Å². The van der Waals surface area contributed by atoms with Gasteiger partial charge in [0, 0.05) is 23.0 Å². The number of aromatic nitrogens is 1. The van der Waals surface area contributed by atoms with Crippen molar-refractivity contribution in [3.63, 3.8) is 0 Å². The SMILES string of the molecule is O=C(NCC(O)c1ccccc1Cl)c1scnc1C1CC1. The molecule has 1 fully saturated rings. The topological polar surface area (TPSA) is 62.2 Å². The molecule has 1 heterocycles. The molecule has 0 aliphatic heterocycles. The van der Waals surface area contributed by atoms with E-state index in [0.717, 1.165) is 18.5 Å². The van der Waals surface area contributed by atoms with Gasteiger partial charge in [0.15, 0.2) is 0 Å². The molecule has 6 heteroatoms.